The summed E-state index contributed by atoms with van der Waals surface area (Å²) >= 11 is 6.09. The van der Waals surface area contributed by atoms with E-state index < -0.39 is 5.97 Å². The van der Waals surface area contributed by atoms with Crippen molar-refractivity contribution in [2.24, 2.45) is 0 Å². The molecule has 0 saturated heterocycles. The van der Waals surface area contributed by atoms with Crippen molar-refractivity contribution in [2.45, 2.75) is 46.3 Å². The molecule has 0 aliphatic carbocycles. The molecule has 1 aromatic heterocycles. The third kappa shape index (κ3) is 6.30. The van der Waals surface area contributed by atoms with Crippen LogP contribution >= 0.6 is 11.6 Å². The summed E-state index contributed by atoms with van der Waals surface area (Å²) in [6, 6.07) is 11.4. The summed E-state index contributed by atoms with van der Waals surface area (Å²) in [5.74, 6) is -0.440. The third-order valence-corrected chi connectivity index (χ3v) is 4.81. The Balaban J connectivity index is 2.09. The average Bonchev–Trinajstić information content (AvgIpc) is 3.10. The zero-order valence-electron chi connectivity index (χ0n) is 16.7. The number of hydrogen-bond donors (Lipinski definition) is 1. The molecule has 152 valence electrons. The molecule has 0 saturated carbocycles. The number of nitrogens with one attached hydrogen (secondary N) is 1. The number of amides is 2. The molecule has 1 heterocycles. The van der Waals surface area contributed by atoms with E-state index in [-0.39, 0.29) is 18.6 Å². The number of esters is 1. The predicted molar refractivity (Wildman–Crippen MR) is 110 cm³/mol. The van der Waals surface area contributed by atoms with Crippen molar-refractivity contribution in [3.05, 3.63) is 58.9 Å². The topological polar surface area (TPSA) is 63.6 Å². The molecule has 1 N–H and O–H groups in total. The lowest BCUT2D eigenvalue weighted by atomic mass is 10.2. The Morgan fingerprint density at radius 3 is 2.71 bits per heavy atom. The van der Waals surface area contributed by atoms with Gasteiger partial charge in [0, 0.05) is 29.5 Å². The lowest BCUT2D eigenvalue weighted by molar-refractivity contribution is -0.141. The number of halogens is 1. The van der Waals surface area contributed by atoms with Crippen molar-refractivity contribution in [1.29, 1.82) is 0 Å². The molecule has 0 aliphatic rings. The van der Waals surface area contributed by atoms with Crippen LogP contribution in [0, 0.1) is 0 Å². The van der Waals surface area contributed by atoms with Crippen LogP contribution in [0.25, 0.3) is 0 Å². The van der Waals surface area contributed by atoms with Crippen LogP contribution in [0.2, 0.25) is 5.02 Å². The van der Waals surface area contributed by atoms with Gasteiger partial charge in [0.25, 0.3) is 0 Å². The van der Waals surface area contributed by atoms with Crippen molar-refractivity contribution >= 4 is 23.6 Å². The fourth-order valence-corrected chi connectivity index (χ4v) is 3.08. The highest BCUT2D eigenvalue weighted by Crippen LogP contribution is 2.16. The molecule has 0 fully saturated rings. The lowest BCUT2D eigenvalue weighted by Gasteiger charge is -2.29. The van der Waals surface area contributed by atoms with Crippen LogP contribution in [-0.2, 0) is 22.6 Å². The predicted octanol–water partition coefficient (Wildman–Crippen LogP) is 4.06. The molecule has 1 aromatic carbocycles. The largest absolute Gasteiger partial charge is 0.465 e. The Morgan fingerprint density at radius 1 is 1.25 bits per heavy atom. The van der Waals surface area contributed by atoms with Gasteiger partial charge in [-0.3, -0.25) is 4.79 Å². The van der Waals surface area contributed by atoms with E-state index in [1.807, 2.05) is 56.4 Å². The normalized spacial score (nSPS) is 11.7. The van der Waals surface area contributed by atoms with E-state index in [9.17, 15) is 9.59 Å². The number of rotatable bonds is 9. The van der Waals surface area contributed by atoms with Gasteiger partial charge < -0.3 is 19.5 Å². The number of benzene rings is 1. The van der Waals surface area contributed by atoms with Crippen molar-refractivity contribution < 1.29 is 14.3 Å². The first-order valence-electron chi connectivity index (χ1n) is 9.53. The third-order valence-electron chi connectivity index (χ3n) is 4.57. The number of carbonyl (C=O) groups is 2. The summed E-state index contributed by atoms with van der Waals surface area (Å²) in [5, 5.41) is 3.36. The van der Waals surface area contributed by atoms with Gasteiger partial charge in [-0.15, -0.1) is 0 Å². The standard InChI is InChI=1S/C21H28ClN3O3/c1-4-16(3)25(21(27)23-13-20(26)28-5-2)15-19-10-7-11-24(19)14-17-8-6-9-18(22)12-17/h6-12,16H,4-5,13-15H2,1-3H3,(H,23,27). The Labute approximate surface area is 171 Å². The molecule has 0 aliphatic heterocycles. The van der Waals surface area contributed by atoms with E-state index in [1.165, 1.54) is 0 Å². The van der Waals surface area contributed by atoms with Crippen LogP contribution in [0.5, 0.6) is 0 Å². The van der Waals surface area contributed by atoms with E-state index in [0.717, 1.165) is 17.7 Å². The molecule has 28 heavy (non-hydrogen) atoms. The van der Waals surface area contributed by atoms with Gasteiger partial charge >= 0.3 is 12.0 Å². The quantitative estimate of drug-likeness (QED) is 0.640. The second-order valence-electron chi connectivity index (χ2n) is 6.61. The molecule has 0 bridgehead atoms. The zero-order chi connectivity index (χ0) is 20.5. The van der Waals surface area contributed by atoms with E-state index >= 15 is 0 Å². The number of ether oxygens (including phenoxy) is 1. The first-order chi connectivity index (χ1) is 13.4. The summed E-state index contributed by atoms with van der Waals surface area (Å²) in [4.78, 5) is 26.0. The Kier molecular flexibility index (Phi) is 8.39. The van der Waals surface area contributed by atoms with Crippen LogP contribution in [0.4, 0.5) is 4.79 Å². The van der Waals surface area contributed by atoms with Gasteiger partial charge in [0.05, 0.1) is 13.2 Å². The number of urea groups is 1. The van der Waals surface area contributed by atoms with Crippen LogP contribution in [-0.4, -0.2) is 40.7 Å². The average molecular weight is 406 g/mol. The van der Waals surface area contributed by atoms with Crippen molar-refractivity contribution in [1.82, 2.24) is 14.8 Å². The minimum absolute atomic E-state index is 0.0247. The summed E-state index contributed by atoms with van der Waals surface area (Å²) in [6.07, 6.45) is 2.80. The SMILES string of the molecule is CCOC(=O)CNC(=O)N(Cc1cccn1Cc1cccc(Cl)c1)C(C)CC. The second kappa shape index (κ2) is 10.8. The van der Waals surface area contributed by atoms with Crippen LogP contribution in [0.1, 0.15) is 38.4 Å². The van der Waals surface area contributed by atoms with E-state index in [0.29, 0.717) is 24.7 Å². The molecule has 0 radical (unpaired) electrons. The van der Waals surface area contributed by atoms with E-state index in [1.54, 1.807) is 11.8 Å². The maximum Gasteiger partial charge on any atom is 0.325 e. The van der Waals surface area contributed by atoms with Crippen LogP contribution in [0.15, 0.2) is 42.6 Å². The molecule has 1 atom stereocenters. The van der Waals surface area contributed by atoms with Gasteiger partial charge in [0.15, 0.2) is 0 Å². The minimum atomic E-state index is -0.440. The monoisotopic (exact) mass is 405 g/mol. The van der Waals surface area contributed by atoms with Gasteiger partial charge in [-0.05, 0) is 50.1 Å². The van der Waals surface area contributed by atoms with E-state index in [4.69, 9.17) is 16.3 Å². The molecule has 2 aromatic rings. The summed E-state index contributed by atoms with van der Waals surface area (Å²) in [5.41, 5.74) is 2.10. The number of nitrogens with zero attached hydrogens (tertiary/aromatic N) is 2. The second-order valence-corrected chi connectivity index (χ2v) is 7.04. The Hall–Kier alpha value is -2.47. The van der Waals surface area contributed by atoms with Gasteiger partial charge in [-0.2, -0.15) is 0 Å². The molecule has 0 spiro atoms. The van der Waals surface area contributed by atoms with Crippen molar-refractivity contribution in [3.8, 4) is 0 Å². The fraction of sp³-hybridized carbons (Fsp3) is 0.429. The lowest BCUT2D eigenvalue weighted by Crippen LogP contribution is -2.46. The minimum Gasteiger partial charge on any atom is -0.465 e. The highest BCUT2D eigenvalue weighted by Gasteiger charge is 2.21. The molecular formula is C21H28ClN3O3. The van der Waals surface area contributed by atoms with Gasteiger partial charge in [0.1, 0.15) is 6.54 Å². The molecule has 2 amide bonds. The summed E-state index contributed by atoms with van der Waals surface area (Å²) < 4.78 is 6.97. The molecule has 1 unspecified atom stereocenters. The Bertz CT molecular complexity index is 791. The van der Waals surface area contributed by atoms with Crippen molar-refractivity contribution in [2.75, 3.05) is 13.2 Å². The Morgan fingerprint density at radius 2 is 2.04 bits per heavy atom. The van der Waals surface area contributed by atoms with Crippen LogP contribution in [0.3, 0.4) is 0 Å². The maximum absolute atomic E-state index is 12.7. The van der Waals surface area contributed by atoms with Gasteiger partial charge in [0.2, 0.25) is 0 Å². The van der Waals surface area contributed by atoms with Crippen molar-refractivity contribution in [3.63, 3.8) is 0 Å². The number of hydrogen-bond acceptors (Lipinski definition) is 3. The van der Waals surface area contributed by atoms with Gasteiger partial charge in [-0.25, -0.2) is 4.79 Å². The van der Waals surface area contributed by atoms with Gasteiger partial charge in [-0.1, -0.05) is 30.7 Å². The summed E-state index contributed by atoms with van der Waals surface area (Å²) in [7, 11) is 0. The number of carbonyl (C=O) groups excluding carboxylic acids is 2. The fourth-order valence-electron chi connectivity index (χ4n) is 2.86. The smallest absolute Gasteiger partial charge is 0.325 e. The first kappa shape index (κ1) is 21.8. The molecule has 7 heteroatoms. The highest BCUT2D eigenvalue weighted by atomic mass is 35.5. The molecule has 6 nitrogen and oxygen atoms in total. The van der Waals surface area contributed by atoms with Crippen LogP contribution < -0.4 is 5.32 Å². The van der Waals surface area contributed by atoms with E-state index in [2.05, 4.69) is 9.88 Å². The first-order valence-corrected chi connectivity index (χ1v) is 9.90. The highest BCUT2D eigenvalue weighted by molar-refractivity contribution is 6.30. The maximum atomic E-state index is 12.7. The molecule has 2 rings (SSSR count). The summed E-state index contributed by atoms with van der Waals surface area (Å²) in [6.45, 7) is 7.03. The molecular weight excluding hydrogens is 378 g/mol. The zero-order valence-corrected chi connectivity index (χ0v) is 17.4. The number of aromatic nitrogens is 1.